The van der Waals surface area contributed by atoms with E-state index in [1.807, 2.05) is 11.8 Å². The highest BCUT2D eigenvalue weighted by atomic mass is 79.9. The molecule has 0 aliphatic heterocycles. The molecule has 0 amide bonds. The van der Waals surface area contributed by atoms with Gasteiger partial charge in [0.05, 0.1) is 5.75 Å². The van der Waals surface area contributed by atoms with Crippen molar-refractivity contribution in [2.75, 3.05) is 18.8 Å². The maximum atomic E-state index is 11.0. The smallest absolute Gasteiger partial charge is 0.264 e. The summed E-state index contributed by atoms with van der Waals surface area (Å²) in [5, 5.41) is 18.7. The Balaban J connectivity index is 2.29. The molecule has 0 aromatic carbocycles. The van der Waals surface area contributed by atoms with E-state index >= 15 is 0 Å². The van der Waals surface area contributed by atoms with Crippen LogP contribution in [0.25, 0.3) is 0 Å². The van der Waals surface area contributed by atoms with Crippen molar-refractivity contribution in [2.45, 2.75) is 31.8 Å². The molecule has 8 nitrogen and oxygen atoms in total. The third-order valence-electron chi connectivity index (χ3n) is 3.99. The van der Waals surface area contributed by atoms with E-state index in [4.69, 9.17) is 4.55 Å². The molecule has 2 N–H and O–H groups in total. The minimum absolute atomic E-state index is 0.0693. The van der Waals surface area contributed by atoms with Gasteiger partial charge in [0.15, 0.2) is 11.5 Å². The number of aliphatic hydroxyl groups excluding tert-OH is 1. The van der Waals surface area contributed by atoms with E-state index in [2.05, 4.69) is 31.1 Å². The van der Waals surface area contributed by atoms with Gasteiger partial charge >= 0.3 is 0 Å². The Morgan fingerprint density at radius 2 is 2.15 bits per heavy atom. The molecule has 1 aliphatic rings. The predicted molar refractivity (Wildman–Crippen MR) is 107 cm³/mol. The van der Waals surface area contributed by atoms with Gasteiger partial charge in [0, 0.05) is 36.3 Å². The molecule has 0 radical (unpaired) electrons. The molecule has 0 saturated heterocycles. The first kappa shape index (κ1) is 21.7. The Morgan fingerprint density at radius 3 is 2.74 bits per heavy atom. The summed E-state index contributed by atoms with van der Waals surface area (Å²) in [6, 6.07) is 3.52. The Kier molecular flexibility index (Phi) is 7.66. The van der Waals surface area contributed by atoms with Crippen LogP contribution in [0.15, 0.2) is 57.0 Å². The first-order chi connectivity index (χ1) is 12.7. The zero-order chi connectivity index (χ0) is 19.9. The largest absolute Gasteiger partial charge is 0.508 e. The molecule has 0 bridgehead atoms. The molecule has 1 unspecified atom stereocenters. The number of pyridine rings is 1. The Hall–Kier alpha value is -1.62. The number of aromatic nitrogens is 1. The molecular weight excluding hydrogens is 436 g/mol. The average molecular weight is 459 g/mol. The predicted octanol–water partition coefficient (Wildman–Crippen LogP) is 4.02. The van der Waals surface area contributed by atoms with Crippen molar-refractivity contribution >= 4 is 31.9 Å². The molecule has 2 rings (SSSR count). The third-order valence-corrected chi connectivity index (χ3v) is 5.27. The summed E-state index contributed by atoms with van der Waals surface area (Å²) in [5.74, 6) is 0.162. The molecule has 0 saturated carbocycles. The second-order valence-corrected chi connectivity index (χ2v) is 8.70. The van der Waals surface area contributed by atoms with Crippen LogP contribution in [0.1, 0.15) is 26.2 Å². The summed E-state index contributed by atoms with van der Waals surface area (Å²) in [5.41, 5.74) is -0.942. The SMILES string of the molecule is CCCN(CCCS(=O)(=O)O)C1(N=Nc2ccc(Br)cn2)C=C(O)C=CC1. The molecule has 1 aliphatic carbocycles. The maximum Gasteiger partial charge on any atom is 0.264 e. The van der Waals surface area contributed by atoms with Gasteiger partial charge in [0.2, 0.25) is 0 Å². The Morgan fingerprint density at radius 1 is 1.37 bits per heavy atom. The number of nitrogens with zero attached hydrogens (tertiary/aromatic N) is 4. The third kappa shape index (κ3) is 6.80. The summed E-state index contributed by atoms with van der Waals surface area (Å²) in [6.07, 6.45) is 8.14. The lowest BCUT2D eigenvalue weighted by Crippen LogP contribution is -2.47. The number of rotatable bonds is 9. The van der Waals surface area contributed by atoms with Crippen LogP contribution in [0.3, 0.4) is 0 Å². The zero-order valence-electron chi connectivity index (χ0n) is 15.0. The van der Waals surface area contributed by atoms with Crippen LogP contribution in [0.2, 0.25) is 0 Å². The number of hydrogen-bond donors (Lipinski definition) is 2. The van der Waals surface area contributed by atoms with Gasteiger partial charge in [-0.05, 0) is 47.0 Å². The number of azo groups is 1. The monoisotopic (exact) mass is 458 g/mol. The highest BCUT2D eigenvalue weighted by Crippen LogP contribution is 2.31. The first-order valence-electron chi connectivity index (χ1n) is 8.57. The molecule has 27 heavy (non-hydrogen) atoms. The van der Waals surface area contributed by atoms with E-state index in [9.17, 15) is 13.5 Å². The van der Waals surface area contributed by atoms with Gasteiger partial charge in [0.25, 0.3) is 10.1 Å². The average Bonchev–Trinajstić information content (AvgIpc) is 2.59. The van der Waals surface area contributed by atoms with Crippen molar-refractivity contribution in [2.24, 2.45) is 10.2 Å². The van der Waals surface area contributed by atoms with Crippen LogP contribution in [0.4, 0.5) is 5.82 Å². The number of halogens is 1. The molecule has 0 spiro atoms. The van der Waals surface area contributed by atoms with Gasteiger partial charge in [-0.1, -0.05) is 13.0 Å². The van der Waals surface area contributed by atoms with Gasteiger partial charge in [0.1, 0.15) is 5.76 Å². The van der Waals surface area contributed by atoms with E-state index in [0.29, 0.717) is 25.3 Å². The van der Waals surface area contributed by atoms with Crippen molar-refractivity contribution in [3.05, 3.63) is 46.8 Å². The van der Waals surface area contributed by atoms with Crippen molar-refractivity contribution < 1.29 is 18.1 Å². The minimum Gasteiger partial charge on any atom is -0.508 e. The highest BCUT2D eigenvalue weighted by molar-refractivity contribution is 9.10. The van der Waals surface area contributed by atoms with Crippen molar-refractivity contribution in [3.8, 4) is 0 Å². The van der Waals surface area contributed by atoms with E-state index in [-0.39, 0.29) is 17.9 Å². The van der Waals surface area contributed by atoms with E-state index in [1.165, 1.54) is 0 Å². The van der Waals surface area contributed by atoms with E-state index < -0.39 is 15.8 Å². The molecule has 1 heterocycles. The van der Waals surface area contributed by atoms with E-state index in [0.717, 1.165) is 10.9 Å². The summed E-state index contributed by atoms with van der Waals surface area (Å²) in [4.78, 5) is 6.13. The quantitative estimate of drug-likeness (QED) is 0.426. The number of aliphatic hydroxyl groups is 1. The topological polar surface area (TPSA) is 115 Å². The Bertz CT molecular complexity index is 824. The summed E-state index contributed by atoms with van der Waals surface area (Å²) >= 11 is 3.32. The second kappa shape index (κ2) is 9.54. The standard InChI is InChI=1S/C17H23BrN4O4S/c1-2-9-22(10-4-11-27(24,25)26)17(8-3-5-15(23)12-17)21-20-16-7-6-14(18)13-19-16/h3,5-7,12-13,23H,2,4,8-11H2,1H3,(H,24,25,26). The van der Waals surface area contributed by atoms with Crippen LogP contribution >= 0.6 is 15.9 Å². The maximum absolute atomic E-state index is 11.0. The van der Waals surface area contributed by atoms with Crippen molar-refractivity contribution in [3.63, 3.8) is 0 Å². The van der Waals surface area contributed by atoms with Gasteiger partial charge in [-0.3, -0.25) is 9.45 Å². The Labute approximate surface area is 167 Å². The van der Waals surface area contributed by atoms with Gasteiger partial charge in [-0.2, -0.15) is 13.5 Å². The summed E-state index contributed by atoms with van der Waals surface area (Å²) in [6.45, 7) is 2.99. The molecular formula is C17H23BrN4O4S. The fraction of sp³-hybridized carbons (Fsp3) is 0.471. The van der Waals surface area contributed by atoms with Crippen LogP contribution < -0.4 is 0 Å². The molecule has 1 aromatic rings. The first-order valence-corrected chi connectivity index (χ1v) is 11.0. The molecule has 10 heteroatoms. The molecule has 1 atom stereocenters. The number of allylic oxidation sites excluding steroid dienone is 1. The van der Waals surface area contributed by atoms with Gasteiger partial charge in [-0.25, -0.2) is 4.98 Å². The summed E-state index contributed by atoms with van der Waals surface area (Å²) in [7, 11) is -4.03. The van der Waals surface area contributed by atoms with Crippen molar-refractivity contribution in [1.29, 1.82) is 0 Å². The minimum atomic E-state index is -4.03. The summed E-state index contributed by atoms with van der Waals surface area (Å²) < 4.78 is 31.9. The van der Waals surface area contributed by atoms with Crippen LogP contribution in [-0.2, 0) is 10.1 Å². The van der Waals surface area contributed by atoms with Crippen molar-refractivity contribution in [1.82, 2.24) is 9.88 Å². The van der Waals surface area contributed by atoms with E-state index in [1.54, 1.807) is 36.6 Å². The normalized spacial score (nSPS) is 20.4. The fourth-order valence-electron chi connectivity index (χ4n) is 2.82. The lowest BCUT2D eigenvalue weighted by molar-refractivity contribution is 0.127. The molecule has 148 valence electrons. The lowest BCUT2D eigenvalue weighted by Gasteiger charge is -2.38. The van der Waals surface area contributed by atoms with Gasteiger partial charge < -0.3 is 5.11 Å². The molecule has 1 aromatic heterocycles. The van der Waals surface area contributed by atoms with Gasteiger partial charge in [-0.15, -0.1) is 5.11 Å². The highest BCUT2D eigenvalue weighted by Gasteiger charge is 2.36. The lowest BCUT2D eigenvalue weighted by atomic mass is 9.98. The fourth-order valence-corrected chi connectivity index (χ4v) is 3.55. The second-order valence-electron chi connectivity index (χ2n) is 6.22. The van der Waals surface area contributed by atoms with Crippen LogP contribution in [0.5, 0.6) is 0 Å². The molecule has 0 fully saturated rings. The zero-order valence-corrected chi connectivity index (χ0v) is 17.4. The number of hydrogen-bond acceptors (Lipinski definition) is 7. The van der Waals surface area contributed by atoms with Crippen LogP contribution in [0, 0.1) is 0 Å². The van der Waals surface area contributed by atoms with Crippen LogP contribution in [-0.4, -0.2) is 52.5 Å².